The summed E-state index contributed by atoms with van der Waals surface area (Å²) in [6.45, 7) is 9.44. The van der Waals surface area contributed by atoms with Crippen molar-refractivity contribution in [3.05, 3.63) is 0 Å². The average molecular weight is 272 g/mol. The van der Waals surface area contributed by atoms with Crippen LogP contribution in [-0.4, -0.2) is 48.0 Å². The van der Waals surface area contributed by atoms with Crippen LogP contribution in [0.3, 0.4) is 0 Å². The first kappa shape index (κ1) is 16.4. The Morgan fingerprint density at radius 3 is 2.42 bits per heavy atom. The third kappa shape index (κ3) is 5.47. The predicted octanol–water partition coefficient (Wildman–Crippen LogP) is 0.811. The molecule has 0 bridgehead atoms. The Balaban J connectivity index is 2.24. The second-order valence-electron chi connectivity index (χ2n) is 6.30. The van der Waals surface area contributed by atoms with Crippen molar-refractivity contribution in [2.24, 2.45) is 0 Å². The Kier molecular flexibility index (Phi) is 5.77. The smallest absolute Gasteiger partial charge is 0.222 e. The molecule has 0 spiro atoms. The van der Waals surface area contributed by atoms with E-state index >= 15 is 0 Å². The van der Waals surface area contributed by atoms with E-state index < -0.39 is 11.1 Å². The van der Waals surface area contributed by atoms with Gasteiger partial charge in [-0.2, -0.15) is 0 Å². The lowest BCUT2D eigenvalue weighted by Crippen LogP contribution is -2.57. The molecular weight excluding hydrogens is 244 g/mol. The van der Waals surface area contributed by atoms with Gasteiger partial charge in [-0.05, 0) is 53.6 Å². The molecule has 5 heteroatoms. The van der Waals surface area contributed by atoms with Crippen LogP contribution >= 0.6 is 0 Å². The Morgan fingerprint density at radius 2 is 1.89 bits per heavy atom. The maximum absolute atomic E-state index is 11.8. The van der Waals surface area contributed by atoms with E-state index in [1.807, 2.05) is 13.8 Å². The molecule has 1 rings (SSSR count). The van der Waals surface area contributed by atoms with E-state index in [1.165, 1.54) is 0 Å². The second kappa shape index (κ2) is 6.68. The molecule has 0 saturated carbocycles. The Hall–Kier alpha value is -0.650. The average Bonchev–Trinajstić information content (AvgIpc) is 2.28. The molecule has 1 fully saturated rings. The number of aliphatic hydroxyl groups is 1. The van der Waals surface area contributed by atoms with Crippen LogP contribution < -0.4 is 10.6 Å². The molecule has 112 valence electrons. The molecule has 0 aliphatic carbocycles. The van der Waals surface area contributed by atoms with Crippen molar-refractivity contribution < 1.29 is 14.6 Å². The van der Waals surface area contributed by atoms with Crippen molar-refractivity contribution in [3.8, 4) is 0 Å². The van der Waals surface area contributed by atoms with Gasteiger partial charge in [0.2, 0.25) is 5.91 Å². The molecule has 19 heavy (non-hydrogen) atoms. The van der Waals surface area contributed by atoms with Gasteiger partial charge in [-0.25, -0.2) is 0 Å². The molecule has 1 heterocycles. The molecule has 3 N–H and O–H groups in total. The van der Waals surface area contributed by atoms with Crippen molar-refractivity contribution in [2.45, 2.75) is 64.2 Å². The quantitative estimate of drug-likeness (QED) is 0.669. The van der Waals surface area contributed by atoms with Gasteiger partial charge in [0.15, 0.2) is 0 Å². The lowest BCUT2D eigenvalue weighted by Gasteiger charge is -2.38. The number of nitrogens with one attached hydrogen (secondary N) is 2. The predicted molar refractivity (Wildman–Crippen MR) is 75.0 cm³/mol. The molecule has 0 aromatic rings. The van der Waals surface area contributed by atoms with Crippen molar-refractivity contribution >= 4 is 5.91 Å². The van der Waals surface area contributed by atoms with Crippen molar-refractivity contribution in [2.75, 3.05) is 19.7 Å². The highest BCUT2D eigenvalue weighted by Gasteiger charge is 2.36. The summed E-state index contributed by atoms with van der Waals surface area (Å²) in [5, 5.41) is 16.1. The minimum absolute atomic E-state index is 0.0824. The summed E-state index contributed by atoms with van der Waals surface area (Å²) in [5.41, 5.74) is -1.61. The van der Waals surface area contributed by atoms with Gasteiger partial charge in [-0.1, -0.05) is 0 Å². The van der Waals surface area contributed by atoms with Gasteiger partial charge in [0.1, 0.15) is 0 Å². The highest BCUT2D eigenvalue weighted by molar-refractivity contribution is 5.77. The zero-order valence-corrected chi connectivity index (χ0v) is 12.6. The van der Waals surface area contributed by atoms with Crippen LogP contribution in [0.25, 0.3) is 0 Å². The first-order chi connectivity index (χ1) is 8.72. The number of hydrogen-bond donors (Lipinski definition) is 3. The second-order valence-corrected chi connectivity index (χ2v) is 6.30. The van der Waals surface area contributed by atoms with E-state index in [4.69, 9.17) is 4.74 Å². The first-order valence-corrected chi connectivity index (χ1v) is 7.08. The van der Waals surface area contributed by atoms with Gasteiger partial charge in [-0.15, -0.1) is 0 Å². The number of rotatable bonds is 6. The Labute approximate surface area is 116 Å². The van der Waals surface area contributed by atoms with E-state index in [0.717, 1.165) is 25.9 Å². The number of ether oxygens (including phenoxy) is 1. The molecule has 1 saturated heterocycles. The zero-order valence-electron chi connectivity index (χ0n) is 12.6. The fraction of sp³-hybridized carbons (Fsp3) is 0.929. The standard InChI is InChI=1S/C14H28N2O3/c1-13(2,14(3,4)18)16-12(17)7-10-19-11-5-8-15-9-6-11/h11,15,18H,5-10H2,1-4H3,(H,16,17). The third-order valence-corrected chi connectivity index (χ3v) is 3.95. The van der Waals surface area contributed by atoms with E-state index in [1.54, 1.807) is 13.8 Å². The minimum atomic E-state index is -0.960. The Bertz CT molecular complexity index is 292. The van der Waals surface area contributed by atoms with E-state index in [9.17, 15) is 9.90 Å². The van der Waals surface area contributed by atoms with Crippen molar-refractivity contribution in [1.82, 2.24) is 10.6 Å². The normalized spacial score (nSPS) is 18.4. The highest BCUT2D eigenvalue weighted by Crippen LogP contribution is 2.20. The molecule has 1 aliphatic rings. The maximum atomic E-state index is 11.8. The number of carbonyl (C=O) groups is 1. The molecule has 0 aromatic carbocycles. The van der Waals surface area contributed by atoms with Crippen LogP contribution in [0.1, 0.15) is 47.0 Å². The van der Waals surface area contributed by atoms with Crippen molar-refractivity contribution in [3.63, 3.8) is 0 Å². The molecule has 0 atom stereocenters. The number of piperidine rings is 1. The van der Waals surface area contributed by atoms with Crippen LogP contribution in [0.5, 0.6) is 0 Å². The topological polar surface area (TPSA) is 70.6 Å². The number of hydrogen-bond acceptors (Lipinski definition) is 4. The largest absolute Gasteiger partial charge is 0.388 e. The summed E-state index contributed by atoms with van der Waals surface area (Å²) < 4.78 is 5.69. The first-order valence-electron chi connectivity index (χ1n) is 7.08. The van der Waals surface area contributed by atoms with Gasteiger partial charge < -0.3 is 20.5 Å². The molecule has 0 aromatic heterocycles. The van der Waals surface area contributed by atoms with E-state index in [2.05, 4.69) is 10.6 Å². The molecular formula is C14H28N2O3. The van der Waals surface area contributed by atoms with Gasteiger partial charge in [0.25, 0.3) is 0 Å². The SMILES string of the molecule is CC(C)(O)C(C)(C)NC(=O)CCOC1CCNCC1. The van der Waals surface area contributed by atoms with Crippen LogP contribution in [0.15, 0.2) is 0 Å². The summed E-state index contributed by atoms with van der Waals surface area (Å²) in [7, 11) is 0. The zero-order chi connectivity index (χ0) is 14.5. The lowest BCUT2D eigenvalue weighted by atomic mass is 9.86. The summed E-state index contributed by atoms with van der Waals surface area (Å²) in [6, 6.07) is 0. The highest BCUT2D eigenvalue weighted by atomic mass is 16.5. The summed E-state index contributed by atoms with van der Waals surface area (Å²) in [5.74, 6) is -0.0824. The minimum Gasteiger partial charge on any atom is -0.388 e. The number of carbonyl (C=O) groups excluding carboxylic acids is 1. The molecule has 0 unspecified atom stereocenters. The summed E-state index contributed by atoms with van der Waals surface area (Å²) in [4.78, 5) is 11.8. The van der Waals surface area contributed by atoms with E-state index in [0.29, 0.717) is 13.0 Å². The monoisotopic (exact) mass is 272 g/mol. The van der Waals surface area contributed by atoms with Crippen LogP contribution in [0.2, 0.25) is 0 Å². The molecule has 0 radical (unpaired) electrons. The fourth-order valence-corrected chi connectivity index (χ4v) is 1.84. The van der Waals surface area contributed by atoms with Gasteiger partial charge in [0.05, 0.1) is 23.9 Å². The van der Waals surface area contributed by atoms with Crippen LogP contribution in [-0.2, 0) is 9.53 Å². The summed E-state index contributed by atoms with van der Waals surface area (Å²) >= 11 is 0. The van der Waals surface area contributed by atoms with Crippen molar-refractivity contribution in [1.29, 1.82) is 0 Å². The fourth-order valence-electron chi connectivity index (χ4n) is 1.84. The maximum Gasteiger partial charge on any atom is 0.222 e. The van der Waals surface area contributed by atoms with Crippen LogP contribution in [0.4, 0.5) is 0 Å². The number of amides is 1. The van der Waals surface area contributed by atoms with Gasteiger partial charge >= 0.3 is 0 Å². The molecule has 1 amide bonds. The van der Waals surface area contributed by atoms with Gasteiger partial charge in [-0.3, -0.25) is 4.79 Å². The van der Waals surface area contributed by atoms with E-state index in [-0.39, 0.29) is 12.0 Å². The molecule has 1 aliphatic heterocycles. The summed E-state index contributed by atoms with van der Waals surface area (Å²) in [6.07, 6.45) is 2.63. The Morgan fingerprint density at radius 1 is 1.32 bits per heavy atom. The third-order valence-electron chi connectivity index (χ3n) is 3.95. The van der Waals surface area contributed by atoms with Crippen LogP contribution in [0, 0.1) is 0 Å². The lowest BCUT2D eigenvalue weighted by molar-refractivity contribution is -0.127. The van der Waals surface area contributed by atoms with Gasteiger partial charge in [0, 0.05) is 6.42 Å². The molecule has 5 nitrogen and oxygen atoms in total.